The van der Waals surface area contributed by atoms with Gasteiger partial charge in [0.1, 0.15) is 0 Å². The topological polar surface area (TPSA) is 40.5 Å². The van der Waals surface area contributed by atoms with Gasteiger partial charge in [-0.05, 0) is 31.7 Å². The van der Waals surface area contributed by atoms with E-state index in [1.165, 1.54) is 12.8 Å². The van der Waals surface area contributed by atoms with Gasteiger partial charge in [0.15, 0.2) is 0 Å². The summed E-state index contributed by atoms with van der Waals surface area (Å²) in [6.45, 7) is 0.739. The largest absolute Gasteiger partial charge is 0.388 e. The number of carbonyl (C=O) groups excluding carboxylic acids is 1. The molecule has 3 nitrogen and oxygen atoms in total. The van der Waals surface area contributed by atoms with E-state index >= 15 is 0 Å². The highest BCUT2D eigenvalue weighted by atomic mass is 16.3. The second kappa shape index (κ2) is 5.33. The van der Waals surface area contributed by atoms with Gasteiger partial charge in [-0.1, -0.05) is 31.0 Å². The number of para-hydroxylation sites is 1. The number of carbonyl (C=O) groups is 1. The lowest BCUT2D eigenvalue weighted by Crippen LogP contribution is -2.36. The first-order chi connectivity index (χ1) is 9.27. The number of hydrogen-bond acceptors (Lipinski definition) is 2. The minimum atomic E-state index is -0.433. The summed E-state index contributed by atoms with van der Waals surface area (Å²) in [6.07, 6.45) is 5.58. The van der Waals surface area contributed by atoms with Crippen molar-refractivity contribution in [1.29, 1.82) is 0 Å². The second-order valence-corrected chi connectivity index (χ2v) is 5.69. The highest BCUT2D eigenvalue weighted by Gasteiger charge is 2.31. The first-order valence-electron chi connectivity index (χ1n) is 7.36. The predicted molar refractivity (Wildman–Crippen MR) is 74.9 cm³/mol. The molecule has 2 aliphatic rings. The van der Waals surface area contributed by atoms with E-state index in [9.17, 15) is 9.90 Å². The van der Waals surface area contributed by atoms with Crippen LogP contribution < -0.4 is 4.90 Å². The summed E-state index contributed by atoms with van der Waals surface area (Å²) in [6, 6.07) is 7.80. The molecule has 0 saturated heterocycles. The Kier molecular flexibility index (Phi) is 3.56. The van der Waals surface area contributed by atoms with Gasteiger partial charge in [0.2, 0.25) is 5.91 Å². The van der Waals surface area contributed by atoms with Crippen molar-refractivity contribution in [3.63, 3.8) is 0 Å². The zero-order chi connectivity index (χ0) is 13.2. The first kappa shape index (κ1) is 12.7. The molecular formula is C16H21NO2. The molecule has 1 atom stereocenters. The molecule has 1 aliphatic carbocycles. The maximum atomic E-state index is 12.7. The SMILES string of the molecule is O=C(C1CCCC1)N1CCCC(O)c2ccccc21. The first-order valence-corrected chi connectivity index (χ1v) is 7.36. The third kappa shape index (κ3) is 2.39. The van der Waals surface area contributed by atoms with Crippen molar-refractivity contribution in [2.45, 2.75) is 44.6 Å². The molecule has 1 unspecified atom stereocenters. The summed E-state index contributed by atoms with van der Waals surface area (Å²) in [7, 11) is 0. The van der Waals surface area contributed by atoms with Gasteiger partial charge in [-0.25, -0.2) is 0 Å². The Labute approximate surface area is 114 Å². The standard InChI is InChI=1S/C16H21NO2/c18-15-10-5-11-17(14-9-4-3-8-13(14)15)16(19)12-6-1-2-7-12/h3-4,8-9,12,15,18H,1-2,5-7,10-11H2. The van der Waals surface area contributed by atoms with Crippen molar-refractivity contribution in [2.24, 2.45) is 5.92 Å². The van der Waals surface area contributed by atoms with Crippen molar-refractivity contribution in [2.75, 3.05) is 11.4 Å². The number of rotatable bonds is 1. The van der Waals surface area contributed by atoms with Crippen molar-refractivity contribution in [3.8, 4) is 0 Å². The van der Waals surface area contributed by atoms with Crippen molar-refractivity contribution < 1.29 is 9.90 Å². The van der Waals surface area contributed by atoms with E-state index in [0.717, 1.165) is 43.5 Å². The molecule has 0 spiro atoms. The Morgan fingerprint density at radius 3 is 2.63 bits per heavy atom. The minimum Gasteiger partial charge on any atom is -0.388 e. The second-order valence-electron chi connectivity index (χ2n) is 5.69. The molecule has 0 aromatic heterocycles. The summed E-state index contributed by atoms with van der Waals surface area (Å²) < 4.78 is 0. The molecule has 1 aromatic carbocycles. The lowest BCUT2D eigenvalue weighted by atomic mass is 10.0. The zero-order valence-corrected chi connectivity index (χ0v) is 11.2. The Balaban J connectivity index is 1.92. The number of fused-ring (bicyclic) bond motifs is 1. The van der Waals surface area contributed by atoms with Crippen LogP contribution in [0.2, 0.25) is 0 Å². The highest BCUT2D eigenvalue weighted by Crippen LogP contribution is 2.35. The molecule has 3 heteroatoms. The van der Waals surface area contributed by atoms with Gasteiger partial charge in [-0.2, -0.15) is 0 Å². The third-order valence-corrected chi connectivity index (χ3v) is 4.42. The fourth-order valence-corrected chi connectivity index (χ4v) is 3.36. The van der Waals surface area contributed by atoms with Gasteiger partial charge < -0.3 is 10.0 Å². The van der Waals surface area contributed by atoms with E-state index in [0.29, 0.717) is 0 Å². The van der Waals surface area contributed by atoms with E-state index in [4.69, 9.17) is 0 Å². The quantitative estimate of drug-likeness (QED) is 0.842. The Hall–Kier alpha value is -1.35. The molecule has 0 bridgehead atoms. The van der Waals surface area contributed by atoms with Crippen LogP contribution in [0.4, 0.5) is 5.69 Å². The van der Waals surface area contributed by atoms with Crippen molar-refractivity contribution >= 4 is 11.6 Å². The van der Waals surface area contributed by atoms with E-state index in [1.807, 2.05) is 29.2 Å². The van der Waals surface area contributed by atoms with E-state index in [1.54, 1.807) is 0 Å². The average Bonchev–Trinajstić information content (AvgIpc) is 2.91. The highest BCUT2D eigenvalue weighted by molar-refractivity contribution is 5.96. The smallest absolute Gasteiger partial charge is 0.230 e. The summed E-state index contributed by atoms with van der Waals surface area (Å²) >= 11 is 0. The van der Waals surface area contributed by atoms with Crippen molar-refractivity contribution in [1.82, 2.24) is 0 Å². The number of hydrogen-bond donors (Lipinski definition) is 1. The predicted octanol–water partition coefficient (Wildman–Crippen LogP) is 3.04. The fraction of sp³-hybridized carbons (Fsp3) is 0.562. The average molecular weight is 259 g/mol. The molecule has 1 aliphatic heterocycles. The maximum Gasteiger partial charge on any atom is 0.230 e. The van der Waals surface area contributed by atoms with Gasteiger partial charge in [0, 0.05) is 23.7 Å². The molecule has 1 heterocycles. The molecule has 0 radical (unpaired) electrons. The number of nitrogens with zero attached hydrogens (tertiary/aromatic N) is 1. The zero-order valence-electron chi connectivity index (χ0n) is 11.2. The number of amides is 1. The van der Waals surface area contributed by atoms with Gasteiger partial charge in [-0.15, -0.1) is 0 Å². The van der Waals surface area contributed by atoms with Crippen LogP contribution in [-0.2, 0) is 4.79 Å². The van der Waals surface area contributed by atoms with Gasteiger partial charge in [0.25, 0.3) is 0 Å². The normalized spacial score (nSPS) is 24.1. The van der Waals surface area contributed by atoms with Crippen LogP contribution in [0.3, 0.4) is 0 Å². The van der Waals surface area contributed by atoms with Crippen LogP contribution in [0.15, 0.2) is 24.3 Å². The molecule has 3 rings (SSSR count). The van der Waals surface area contributed by atoms with Crippen LogP contribution in [0.1, 0.15) is 50.2 Å². The Morgan fingerprint density at radius 2 is 1.84 bits per heavy atom. The van der Waals surface area contributed by atoms with Crippen LogP contribution >= 0.6 is 0 Å². The summed E-state index contributed by atoms with van der Waals surface area (Å²) in [5, 5.41) is 10.2. The maximum absolute atomic E-state index is 12.7. The van der Waals surface area contributed by atoms with Gasteiger partial charge >= 0.3 is 0 Å². The van der Waals surface area contributed by atoms with Crippen LogP contribution in [0, 0.1) is 5.92 Å². The molecule has 19 heavy (non-hydrogen) atoms. The lowest BCUT2D eigenvalue weighted by Gasteiger charge is -2.26. The molecular weight excluding hydrogens is 238 g/mol. The number of anilines is 1. The lowest BCUT2D eigenvalue weighted by molar-refractivity contribution is -0.122. The number of aliphatic hydroxyl groups excluding tert-OH is 1. The molecule has 102 valence electrons. The van der Waals surface area contributed by atoms with E-state index in [2.05, 4.69) is 0 Å². The molecule has 1 N–H and O–H groups in total. The minimum absolute atomic E-state index is 0.197. The van der Waals surface area contributed by atoms with E-state index in [-0.39, 0.29) is 11.8 Å². The van der Waals surface area contributed by atoms with Crippen LogP contribution in [0.25, 0.3) is 0 Å². The molecule has 1 fully saturated rings. The molecule has 1 saturated carbocycles. The van der Waals surface area contributed by atoms with E-state index < -0.39 is 6.10 Å². The fourth-order valence-electron chi connectivity index (χ4n) is 3.36. The Morgan fingerprint density at radius 1 is 1.11 bits per heavy atom. The Bertz CT molecular complexity index is 466. The molecule has 1 aromatic rings. The number of aliphatic hydroxyl groups is 1. The van der Waals surface area contributed by atoms with Crippen LogP contribution in [0.5, 0.6) is 0 Å². The monoisotopic (exact) mass is 259 g/mol. The van der Waals surface area contributed by atoms with Gasteiger partial charge in [0.05, 0.1) is 6.10 Å². The summed E-state index contributed by atoms with van der Waals surface area (Å²) in [5.74, 6) is 0.461. The van der Waals surface area contributed by atoms with Gasteiger partial charge in [-0.3, -0.25) is 4.79 Å². The molecule has 1 amide bonds. The summed E-state index contributed by atoms with van der Waals surface area (Å²) in [4.78, 5) is 14.6. The van der Waals surface area contributed by atoms with Crippen LogP contribution in [-0.4, -0.2) is 17.6 Å². The third-order valence-electron chi connectivity index (χ3n) is 4.42. The number of benzene rings is 1. The van der Waals surface area contributed by atoms with Crippen molar-refractivity contribution in [3.05, 3.63) is 29.8 Å². The summed E-state index contributed by atoms with van der Waals surface area (Å²) in [5.41, 5.74) is 1.83.